The van der Waals surface area contributed by atoms with Crippen molar-refractivity contribution in [1.82, 2.24) is 0 Å². The van der Waals surface area contributed by atoms with E-state index in [9.17, 15) is 4.21 Å². The number of nitrogens with two attached hydrogens (primary N) is 1. The second kappa shape index (κ2) is 7.04. The highest BCUT2D eigenvalue weighted by Crippen LogP contribution is 2.41. The van der Waals surface area contributed by atoms with Crippen LogP contribution in [0, 0.1) is 17.3 Å². The summed E-state index contributed by atoms with van der Waals surface area (Å²) >= 11 is 0. The lowest BCUT2D eigenvalue weighted by molar-refractivity contribution is 0.156. The fourth-order valence-electron chi connectivity index (χ4n) is 3.01. The third-order valence-electron chi connectivity index (χ3n) is 4.49. The summed E-state index contributed by atoms with van der Waals surface area (Å²) in [4.78, 5) is 0. The second-order valence-corrected chi connectivity index (χ2v) is 8.62. The summed E-state index contributed by atoms with van der Waals surface area (Å²) < 4.78 is 12.5. The fraction of sp³-hybridized carbons (Fsp3) is 1.00. The van der Waals surface area contributed by atoms with Crippen LogP contribution in [0.5, 0.6) is 0 Å². The minimum Gasteiger partial charge on any atom is -0.330 e. The van der Waals surface area contributed by atoms with Gasteiger partial charge in [0.15, 0.2) is 0 Å². The molecule has 1 rings (SSSR count). The predicted molar refractivity (Wildman–Crippen MR) is 81.0 cm³/mol. The predicted octanol–water partition coefficient (Wildman–Crippen LogP) is 3.32. The van der Waals surface area contributed by atoms with Crippen LogP contribution in [0.3, 0.4) is 0 Å². The highest BCUT2D eigenvalue weighted by molar-refractivity contribution is 7.85. The Hall–Kier alpha value is 0.110. The standard InChI is InChI=1S/C15H31NOS/c1-5-6-9-18(17)14-10-13(15(2,3)4)8-7-12(14)11-16/h12-14H,5-11,16H2,1-4H3. The SMILES string of the molecule is CCCCS(=O)C1CC(C(C)(C)C)CCC1CN. The zero-order valence-electron chi connectivity index (χ0n) is 12.6. The van der Waals surface area contributed by atoms with Crippen molar-refractivity contribution < 1.29 is 4.21 Å². The number of hydrogen-bond acceptors (Lipinski definition) is 2. The summed E-state index contributed by atoms with van der Waals surface area (Å²) in [6.45, 7) is 9.81. The molecule has 0 aromatic rings. The van der Waals surface area contributed by atoms with E-state index in [2.05, 4.69) is 27.7 Å². The van der Waals surface area contributed by atoms with E-state index in [1.54, 1.807) is 0 Å². The van der Waals surface area contributed by atoms with E-state index < -0.39 is 10.8 Å². The van der Waals surface area contributed by atoms with Gasteiger partial charge in [-0.2, -0.15) is 0 Å². The second-order valence-electron chi connectivity index (χ2n) is 6.85. The van der Waals surface area contributed by atoms with Crippen LogP contribution in [-0.2, 0) is 10.8 Å². The largest absolute Gasteiger partial charge is 0.330 e. The molecule has 108 valence electrons. The Morgan fingerprint density at radius 2 is 1.94 bits per heavy atom. The van der Waals surface area contributed by atoms with E-state index in [-0.39, 0.29) is 0 Å². The third kappa shape index (κ3) is 4.34. The Kier molecular flexibility index (Phi) is 6.32. The monoisotopic (exact) mass is 273 g/mol. The minimum atomic E-state index is -0.672. The molecule has 18 heavy (non-hydrogen) atoms. The van der Waals surface area contributed by atoms with Crippen LogP contribution < -0.4 is 5.73 Å². The van der Waals surface area contributed by atoms with Crippen molar-refractivity contribution in [2.45, 2.75) is 65.0 Å². The van der Waals surface area contributed by atoms with Gasteiger partial charge in [0, 0.05) is 21.8 Å². The van der Waals surface area contributed by atoms with Gasteiger partial charge in [0.05, 0.1) is 0 Å². The molecule has 0 radical (unpaired) electrons. The molecule has 0 saturated heterocycles. The summed E-state index contributed by atoms with van der Waals surface area (Å²) in [6.07, 6.45) is 5.75. The highest BCUT2D eigenvalue weighted by Gasteiger charge is 2.37. The molecule has 0 heterocycles. The molecule has 3 heteroatoms. The van der Waals surface area contributed by atoms with Gasteiger partial charge in [-0.05, 0) is 49.5 Å². The molecule has 0 aliphatic heterocycles. The number of hydrogen-bond donors (Lipinski definition) is 1. The zero-order chi connectivity index (χ0) is 13.8. The smallest absolute Gasteiger partial charge is 0.0391 e. The van der Waals surface area contributed by atoms with Crippen LogP contribution in [0.4, 0.5) is 0 Å². The van der Waals surface area contributed by atoms with Gasteiger partial charge in [-0.1, -0.05) is 34.1 Å². The third-order valence-corrected chi connectivity index (χ3v) is 6.44. The van der Waals surface area contributed by atoms with Gasteiger partial charge in [0.25, 0.3) is 0 Å². The summed E-state index contributed by atoms with van der Waals surface area (Å²) in [5, 5.41) is 0.347. The van der Waals surface area contributed by atoms with E-state index in [4.69, 9.17) is 5.73 Å². The van der Waals surface area contributed by atoms with Crippen LogP contribution in [0.15, 0.2) is 0 Å². The molecular formula is C15H31NOS. The molecule has 1 aliphatic carbocycles. The Morgan fingerprint density at radius 1 is 1.28 bits per heavy atom. The molecule has 1 saturated carbocycles. The van der Waals surface area contributed by atoms with Crippen LogP contribution in [0.2, 0.25) is 0 Å². The number of unbranched alkanes of at least 4 members (excludes halogenated alkanes) is 1. The van der Waals surface area contributed by atoms with Crippen molar-refractivity contribution in [2.24, 2.45) is 23.0 Å². The Bertz CT molecular complexity index is 272. The maximum Gasteiger partial charge on any atom is 0.0391 e. The molecule has 2 N–H and O–H groups in total. The van der Waals surface area contributed by atoms with Gasteiger partial charge >= 0.3 is 0 Å². The van der Waals surface area contributed by atoms with E-state index in [0.29, 0.717) is 29.0 Å². The molecule has 1 fully saturated rings. The average Bonchev–Trinajstić information content (AvgIpc) is 2.34. The van der Waals surface area contributed by atoms with Crippen LogP contribution in [0.25, 0.3) is 0 Å². The van der Waals surface area contributed by atoms with Crippen molar-refractivity contribution in [2.75, 3.05) is 12.3 Å². The molecule has 2 nitrogen and oxygen atoms in total. The van der Waals surface area contributed by atoms with E-state index in [0.717, 1.165) is 25.0 Å². The Labute approximate surface area is 116 Å². The lowest BCUT2D eigenvalue weighted by atomic mass is 9.69. The van der Waals surface area contributed by atoms with Crippen molar-refractivity contribution >= 4 is 10.8 Å². The fourth-order valence-corrected chi connectivity index (χ4v) is 5.01. The van der Waals surface area contributed by atoms with Crippen molar-refractivity contribution in [3.05, 3.63) is 0 Å². The minimum absolute atomic E-state index is 0.340. The normalized spacial score (nSPS) is 31.3. The lowest BCUT2D eigenvalue weighted by Crippen LogP contribution is -2.41. The van der Waals surface area contributed by atoms with Gasteiger partial charge in [-0.3, -0.25) is 4.21 Å². The van der Waals surface area contributed by atoms with E-state index >= 15 is 0 Å². The van der Waals surface area contributed by atoms with Gasteiger partial charge in [0.1, 0.15) is 0 Å². The van der Waals surface area contributed by atoms with Gasteiger partial charge in [-0.15, -0.1) is 0 Å². The van der Waals surface area contributed by atoms with E-state index in [1.165, 1.54) is 12.8 Å². The summed E-state index contributed by atoms with van der Waals surface area (Å²) in [5.41, 5.74) is 6.22. The molecule has 0 aromatic heterocycles. The Morgan fingerprint density at radius 3 is 2.44 bits per heavy atom. The molecule has 0 spiro atoms. The topological polar surface area (TPSA) is 43.1 Å². The van der Waals surface area contributed by atoms with Crippen LogP contribution in [0.1, 0.15) is 59.8 Å². The molecule has 0 bridgehead atoms. The number of rotatable bonds is 5. The first-order valence-corrected chi connectivity index (χ1v) is 8.85. The van der Waals surface area contributed by atoms with Crippen LogP contribution in [-0.4, -0.2) is 21.8 Å². The molecule has 4 atom stereocenters. The van der Waals surface area contributed by atoms with Gasteiger partial charge < -0.3 is 5.73 Å². The summed E-state index contributed by atoms with van der Waals surface area (Å²) in [6, 6.07) is 0. The first-order valence-electron chi connectivity index (χ1n) is 7.47. The van der Waals surface area contributed by atoms with Crippen molar-refractivity contribution in [1.29, 1.82) is 0 Å². The molecule has 1 aliphatic rings. The first-order chi connectivity index (χ1) is 8.40. The molecule has 4 unspecified atom stereocenters. The van der Waals surface area contributed by atoms with E-state index in [1.807, 2.05) is 0 Å². The van der Waals surface area contributed by atoms with Gasteiger partial charge in [-0.25, -0.2) is 0 Å². The Balaban J connectivity index is 2.67. The molecule has 0 aromatic carbocycles. The quantitative estimate of drug-likeness (QED) is 0.835. The lowest BCUT2D eigenvalue weighted by Gasteiger charge is -2.41. The average molecular weight is 273 g/mol. The van der Waals surface area contributed by atoms with Crippen molar-refractivity contribution in [3.63, 3.8) is 0 Å². The highest BCUT2D eigenvalue weighted by atomic mass is 32.2. The molecular weight excluding hydrogens is 242 g/mol. The van der Waals surface area contributed by atoms with Crippen LogP contribution >= 0.6 is 0 Å². The summed E-state index contributed by atoms with van der Waals surface area (Å²) in [5.74, 6) is 2.06. The molecule has 0 amide bonds. The first kappa shape index (κ1) is 16.2. The zero-order valence-corrected chi connectivity index (χ0v) is 13.4. The maximum absolute atomic E-state index is 12.5. The summed E-state index contributed by atoms with van der Waals surface area (Å²) in [7, 11) is -0.672. The van der Waals surface area contributed by atoms with Gasteiger partial charge in [0.2, 0.25) is 0 Å². The maximum atomic E-state index is 12.5. The van der Waals surface area contributed by atoms with Crippen molar-refractivity contribution in [3.8, 4) is 0 Å².